The fourth-order valence-electron chi connectivity index (χ4n) is 6.37. The lowest BCUT2D eigenvalue weighted by molar-refractivity contribution is -0.114. The van der Waals surface area contributed by atoms with Crippen LogP contribution in [0.1, 0.15) is 64.2 Å². The molecule has 0 spiro atoms. The van der Waals surface area contributed by atoms with E-state index in [1.807, 2.05) is 121 Å². The molecule has 1 atom stereocenters. The van der Waals surface area contributed by atoms with Crippen LogP contribution in [0.2, 0.25) is 0 Å². The summed E-state index contributed by atoms with van der Waals surface area (Å²) in [5, 5.41) is 0. The van der Waals surface area contributed by atoms with Crippen LogP contribution in [-0.4, -0.2) is 21.6 Å². The van der Waals surface area contributed by atoms with Crippen LogP contribution in [0.4, 0.5) is 22.7 Å². The summed E-state index contributed by atoms with van der Waals surface area (Å²) in [4.78, 5) is 31.6. The van der Waals surface area contributed by atoms with Crippen LogP contribution >= 0.6 is 0 Å². The van der Waals surface area contributed by atoms with E-state index >= 15 is 0 Å². The van der Waals surface area contributed by atoms with Gasteiger partial charge in [-0.1, -0.05) is 97.3 Å². The van der Waals surface area contributed by atoms with Crippen molar-refractivity contribution in [3.05, 3.63) is 138 Å². The summed E-state index contributed by atoms with van der Waals surface area (Å²) in [7, 11) is 0. The lowest BCUT2D eigenvalue weighted by atomic mass is 9.85. The van der Waals surface area contributed by atoms with Gasteiger partial charge in [0.15, 0.2) is 4.91 Å². The van der Waals surface area contributed by atoms with Crippen molar-refractivity contribution < 1.29 is 18.0 Å². The average Bonchev–Trinajstić information content (AvgIpc) is 3.16. The van der Waals surface area contributed by atoms with Crippen molar-refractivity contribution in [3.8, 4) is 11.8 Å². The molecule has 0 saturated heterocycles. The Hall–Kier alpha value is -4.99. The zero-order valence-corrected chi connectivity index (χ0v) is 28.4. The van der Waals surface area contributed by atoms with Crippen LogP contribution in [-0.2, 0) is 24.9 Å². The lowest BCUT2D eigenvalue weighted by Crippen LogP contribution is -2.37. The van der Waals surface area contributed by atoms with Gasteiger partial charge in [0.25, 0.3) is 5.91 Å². The third-order valence-electron chi connectivity index (χ3n) is 8.87. The Morgan fingerprint density at radius 3 is 1.49 bits per heavy atom. The molecule has 0 aromatic heterocycles. The van der Waals surface area contributed by atoms with Crippen molar-refractivity contribution >= 4 is 45.6 Å². The molecule has 6 nitrogen and oxygen atoms in total. The standard InChI is InChI=1S/C42H40N2O4S/c45-40(43(35-21-9-2-10-22-35)36-23-11-3-12-24-36)29-32-42(30-17-6-18-31-42)48-49(47)39(33-34-19-7-1-8-20-34)41(46)44(37-25-13-4-14-26-37)38-27-15-5-16-28-38/h2-5,9-16,21-28H,1,6-8,17-20,30-31H2. The largest absolute Gasteiger partial charge is 0.307 e. The Morgan fingerprint density at radius 1 is 0.592 bits per heavy atom. The molecule has 2 saturated carbocycles. The summed E-state index contributed by atoms with van der Waals surface area (Å²) >= 11 is -2.23. The van der Waals surface area contributed by atoms with Gasteiger partial charge in [-0.2, -0.15) is 0 Å². The van der Waals surface area contributed by atoms with E-state index in [-0.39, 0.29) is 4.91 Å². The summed E-state index contributed by atoms with van der Waals surface area (Å²) in [5.41, 5.74) is 5.75. The number of nitrogens with zero attached hydrogens (tertiary/aromatic N) is 2. The first-order valence-electron chi connectivity index (χ1n) is 17.0. The first kappa shape index (κ1) is 33.9. The second-order valence-corrected chi connectivity index (χ2v) is 13.4. The topological polar surface area (TPSA) is 66.9 Å². The summed E-state index contributed by atoms with van der Waals surface area (Å²) in [6.07, 6.45) is 8.26. The van der Waals surface area contributed by atoms with Crippen molar-refractivity contribution in [2.75, 3.05) is 9.80 Å². The highest BCUT2D eigenvalue weighted by Gasteiger charge is 2.37. The normalized spacial score (nSPS) is 15.9. The van der Waals surface area contributed by atoms with Gasteiger partial charge >= 0.3 is 5.91 Å². The van der Waals surface area contributed by atoms with Gasteiger partial charge in [0, 0.05) is 22.7 Å². The molecule has 0 aliphatic heterocycles. The highest BCUT2D eigenvalue weighted by Crippen LogP contribution is 2.35. The summed E-state index contributed by atoms with van der Waals surface area (Å²) in [6, 6.07) is 37.4. The van der Waals surface area contributed by atoms with Crippen LogP contribution in [0.25, 0.3) is 0 Å². The van der Waals surface area contributed by atoms with Crippen LogP contribution in [0, 0.1) is 11.8 Å². The number of amides is 2. The molecule has 4 aromatic carbocycles. The van der Waals surface area contributed by atoms with Gasteiger partial charge in [-0.25, -0.2) is 4.21 Å². The third kappa shape index (κ3) is 8.54. The van der Waals surface area contributed by atoms with E-state index in [1.54, 1.807) is 9.80 Å². The van der Waals surface area contributed by atoms with Crippen molar-refractivity contribution in [2.45, 2.75) is 69.8 Å². The molecule has 4 aromatic rings. The molecule has 2 amide bonds. The lowest BCUT2D eigenvalue weighted by Gasteiger charge is -2.32. The molecular weight excluding hydrogens is 629 g/mol. The quantitative estimate of drug-likeness (QED) is 0.107. The fraction of sp³-hybridized carbons (Fsp3) is 0.262. The molecule has 6 rings (SSSR count). The van der Waals surface area contributed by atoms with Crippen LogP contribution < -0.4 is 9.80 Å². The first-order chi connectivity index (χ1) is 24.0. The van der Waals surface area contributed by atoms with Gasteiger partial charge in [0.05, 0.1) is 0 Å². The molecule has 248 valence electrons. The van der Waals surface area contributed by atoms with E-state index in [2.05, 4.69) is 17.6 Å². The molecule has 2 aliphatic rings. The van der Waals surface area contributed by atoms with Gasteiger partial charge in [-0.3, -0.25) is 23.6 Å². The number of carbonyl (C=O) groups excluding carboxylic acids is 2. The Bertz CT molecular complexity index is 1800. The zero-order valence-electron chi connectivity index (χ0n) is 27.6. The fourth-order valence-corrected chi connectivity index (χ4v) is 7.41. The van der Waals surface area contributed by atoms with E-state index < -0.39 is 28.5 Å². The number of rotatable bonds is 8. The molecule has 1 unspecified atom stereocenters. The smallest absolute Gasteiger partial charge is 0.276 e. The van der Waals surface area contributed by atoms with E-state index in [4.69, 9.17) is 4.18 Å². The minimum absolute atomic E-state index is 0.0436. The minimum Gasteiger partial charge on any atom is -0.276 e. The van der Waals surface area contributed by atoms with E-state index in [9.17, 15) is 13.8 Å². The van der Waals surface area contributed by atoms with Crippen molar-refractivity contribution in [1.29, 1.82) is 0 Å². The van der Waals surface area contributed by atoms with E-state index in [1.165, 1.54) is 0 Å². The molecule has 0 N–H and O–H groups in total. The highest BCUT2D eigenvalue weighted by atomic mass is 32.2. The summed E-state index contributed by atoms with van der Waals surface area (Å²) in [5.74, 6) is 5.12. The molecule has 0 heterocycles. The summed E-state index contributed by atoms with van der Waals surface area (Å²) < 4.78 is 20.9. The average molecular weight is 669 g/mol. The third-order valence-corrected chi connectivity index (χ3v) is 9.95. The van der Waals surface area contributed by atoms with Gasteiger partial charge in [-0.05, 0) is 111 Å². The van der Waals surface area contributed by atoms with E-state index in [0.29, 0.717) is 35.6 Å². The first-order valence-corrected chi connectivity index (χ1v) is 18.1. The number of hydrogen-bond acceptors (Lipinski definition) is 4. The van der Waals surface area contributed by atoms with Crippen molar-refractivity contribution in [1.82, 2.24) is 0 Å². The minimum atomic E-state index is -2.23. The number of anilines is 4. The molecular formula is C42H40N2O4S. The number of benzene rings is 4. The maximum Gasteiger partial charge on any atom is 0.307 e. The maximum absolute atomic E-state index is 14.6. The monoisotopic (exact) mass is 668 g/mol. The Labute approximate surface area is 291 Å². The maximum atomic E-state index is 14.6. The summed E-state index contributed by atoms with van der Waals surface area (Å²) in [6.45, 7) is 0. The van der Waals surface area contributed by atoms with Crippen LogP contribution in [0.3, 0.4) is 0 Å². The Morgan fingerprint density at radius 2 is 1.02 bits per heavy atom. The number of hydrogen-bond donors (Lipinski definition) is 0. The molecule has 7 heteroatoms. The van der Waals surface area contributed by atoms with Crippen LogP contribution in [0.15, 0.2) is 138 Å². The second-order valence-electron chi connectivity index (χ2n) is 12.4. The van der Waals surface area contributed by atoms with Crippen LogP contribution in [0.5, 0.6) is 0 Å². The molecule has 2 aliphatic carbocycles. The van der Waals surface area contributed by atoms with Gasteiger partial charge in [-0.15, -0.1) is 0 Å². The van der Waals surface area contributed by atoms with Crippen molar-refractivity contribution in [3.63, 3.8) is 0 Å². The van der Waals surface area contributed by atoms with Gasteiger partial charge in [0.1, 0.15) is 5.60 Å². The van der Waals surface area contributed by atoms with E-state index in [0.717, 1.165) is 56.9 Å². The molecule has 2 fully saturated rings. The Balaban J connectivity index is 1.37. The molecule has 0 bridgehead atoms. The van der Waals surface area contributed by atoms with Crippen molar-refractivity contribution in [2.24, 2.45) is 0 Å². The SMILES string of the molecule is O=C(C#CC1(OS(=O)C(=C=C2CCCCC2)C(=O)N(c2ccccc2)c2ccccc2)CCCCC1)N(c1ccccc1)c1ccccc1. The van der Waals surface area contributed by atoms with Gasteiger partial charge in [0.2, 0.25) is 11.1 Å². The van der Waals surface area contributed by atoms with Gasteiger partial charge < -0.3 is 0 Å². The number of para-hydroxylation sites is 4. The zero-order chi connectivity index (χ0) is 33.9. The highest BCUT2D eigenvalue weighted by molar-refractivity contribution is 7.85. The predicted octanol–water partition coefficient (Wildman–Crippen LogP) is 9.48. The molecule has 0 radical (unpaired) electrons. The number of carbonyl (C=O) groups is 2. The molecule has 49 heavy (non-hydrogen) atoms. The predicted molar refractivity (Wildman–Crippen MR) is 197 cm³/mol. The second kappa shape index (κ2) is 16.4. The Kier molecular flexibility index (Phi) is 11.4.